The van der Waals surface area contributed by atoms with Gasteiger partial charge in [-0.1, -0.05) is 11.8 Å². The fourth-order valence-corrected chi connectivity index (χ4v) is 3.73. The van der Waals surface area contributed by atoms with Crippen LogP contribution in [-0.2, 0) is 4.74 Å². The standard InChI is InChI=1S/C21H19FN6O2S/c1-31-20(26-13-23)25-9-16-11-28(21(29)30-16)15-4-6-17(22)19(7-5-15)27-10-14-3-2-8-24-18(14)12-27/h2-3,5-8,10,12,16H,4,9,11H2,1H3,(H,25,26). The Morgan fingerprint density at radius 1 is 1.48 bits per heavy atom. The third-order valence-corrected chi connectivity index (χ3v) is 5.49. The number of aliphatic imine (C=N–C) groups is 1. The number of nitrogens with zero attached hydrogens (tertiary/aromatic N) is 5. The maximum Gasteiger partial charge on any atom is 0.414 e. The molecular formula is C21H19FN6O2S. The number of halogens is 1. The zero-order valence-corrected chi connectivity index (χ0v) is 17.5. The van der Waals surface area contributed by atoms with Crippen molar-refractivity contribution in [2.24, 2.45) is 4.99 Å². The van der Waals surface area contributed by atoms with Crippen LogP contribution in [0.25, 0.3) is 16.6 Å². The van der Waals surface area contributed by atoms with Gasteiger partial charge in [0.15, 0.2) is 11.4 Å². The van der Waals surface area contributed by atoms with Crippen molar-refractivity contribution < 1.29 is 13.9 Å². The Morgan fingerprint density at radius 3 is 3.13 bits per heavy atom. The topological polar surface area (TPSA) is 95.5 Å². The van der Waals surface area contributed by atoms with Crippen LogP contribution >= 0.6 is 11.8 Å². The van der Waals surface area contributed by atoms with Gasteiger partial charge in [0.05, 0.1) is 24.3 Å². The van der Waals surface area contributed by atoms with Gasteiger partial charge in [-0.3, -0.25) is 20.2 Å². The van der Waals surface area contributed by atoms with Crippen LogP contribution < -0.4 is 5.32 Å². The molecule has 2 aliphatic rings. The summed E-state index contributed by atoms with van der Waals surface area (Å²) in [6, 6.07) is 3.74. The number of hydrogen-bond acceptors (Lipinski definition) is 6. The molecule has 31 heavy (non-hydrogen) atoms. The first kappa shape index (κ1) is 20.7. The van der Waals surface area contributed by atoms with E-state index in [1.807, 2.05) is 24.5 Å². The summed E-state index contributed by atoms with van der Waals surface area (Å²) < 4.78 is 21.9. The van der Waals surface area contributed by atoms with Crippen LogP contribution in [0.5, 0.6) is 0 Å². The molecule has 1 fully saturated rings. The summed E-state index contributed by atoms with van der Waals surface area (Å²) in [5.41, 5.74) is 1.78. The summed E-state index contributed by atoms with van der Waals surface area (Å²) in [5, 5.41) is 12.5. The zero-order valence-electron chi connectivity index (χ0n) is 16.7. The lowest BCUT2D eigenvalue weighted by molar-refractivity contribution is 0.137. The van der Waals surface area contributed by atoms with Crippen LogP contribution in [0.2, 0.25) is 0 Å². The molecule has 1 aliphatic carbocycles. The molecule has 8 nitrogen and oxygen atoms in total. The normalized spacial score (nSPS) is 19.3. The van der Waals surface area contributed by atoms with Crippen LogP contribution in [0.3, 0.4) is 0 Å². The van der Waals surface area contributed by atoms with E-state index in [0.29, 0.717) is 23.1 Å². The molecule has 2 aromatic heterocycles. The number of thioether (sulfide) groups is 1. The quantitative estimate of drug-likeness (QED) is 0.339. The number of carbonyl (C=O) groups excluding carboxylic acids is 1. The van der Waals surface area contributed by atoms with Crippen LogP contribution in [0.1, 0.15) is 6.42 Å². The Labute approximate surface area is 182 Å². The number of amidine groups is 1. The molecule has 0 bridgehead atoms. The molecule has 4 rings (SSSR count). The van der Waals surface area contributed by atoms with Gasteiger partial charge >= 0.3 is 6.09 Å². The molecule has 0 saturated carbocycles. The number of aromatic nitrogens is 2. The summed E-state index contributed by atoms with van der Waals surface area (Å²) in [6.07, 6.45) is 13.0. The number of nitrogens with one attached hydrogen (secondary N) is 1. The molecule has 10 heteroatoms. The van der Waals surface area contributed by atoms with Crippen molar-refractivity contribution in [1.82, 2.24) is 19.8 Å². The van der Waals surface area contributed by atoms with E-state index in [0.717, 1.165) is 10.9 Å². The van der Waals surface area contributed by atoms with Crippen molar-refractivity contribution in [3.63, 3.8) is 0 Å². The van der Waals surface area contributed by atoms with Crippen molar-refractivity contribution in [2.45, 2.75) is 12.5 Å². The second-order valence-corrected chi connectivity index (χ2v) is 7.61. The number of rotatable bonds is 4. The maximum absolute atomic E-state index is 14.8. The number of ether oxygens (including phenoxy) is 1. The minimum atomic E-state index is -0.494. The van der Waals surface area contributed by atoms with Gasteiger partial charge in [0.2, 0.25) is 0 Å². The first-order chi connectivity index (χ1) is 15.1. The molecule has 1 saturated heterocycles. The average Bonchev–Trinajstić information content (AvgIpc) is 3.30. The van der Waals surface area contributed by atoms with E-state index >= 15 is 0 Å². The molecule has 0 spiro atoms. The largest absolute Gasteiger partial charge is 0.442 e. The first-order valence-electron chi connectivity index (χ1n) is 9.50. The number of nitriles is 1. The number of pyridine rings is 1. The highest BCUT2D eigenvalue weighted by molar-refractivity contribution is 8.13. The van der Waals surface area contributed by atoms with Crippen molar-refractivity contribution in [2.75, 3.05) is 19.3 Å². The van der Waals surface area contributed by atoms with Gasteiger partial charge in [-0.05, 0) is 36.6 Å². The van der Waals surface area contributed by atoms with Crippen molar-refractivity contribution in [3.8, 4) is 6.19 Å². The van der Waals surface area contributed by atoms with Gasteiger partial charge in [-0.15, -0.1) is 0 Å². The fourth-order valence-electron chi connectivity index (χ4n) is 3.37. The molecule has 158 valence electrons. The smallest absolute Gasteiger partial charge is 0.414 e. The van der Waals surface area contributed by atoms with Gasteiger partial charge in [-0.25, -0.2) is 9.18 Å². The van der Waals surface area contributed by atoms with Crippen LogP contribution in [0, 0.1) is 11.5 Å². The van der Waals surface area contributed by atoms with Gasteiger partial charge < -0.3 is 9.30 Å². The van der Waals surface area contributed by atoms with E-state index in [1.54, 1.807) is 35.4 Å². The monoisotopic (exact) mass is 438 g/mol. The lowest BCUT2D eigenvalue weighted by atomic mass is 10.2. The molecule has 1 N–H and O–H groups in total. The Kier molecular flexibility index (Phi) is 6.04. The number of allylic oxidation sites excluding steroid dienone is 5. The third-order valence-electron chi connectivity index (χ3n) is 4.87. The Balaban J connectivity index is 1.52. The molecule has 0 aromatic carbocycles. The number of cyclic esters (lactones) is 1. The van der Waals surface area contributed by atoms with E-state index in [-0.39, 0.29) is 18.8 Å². The Bertz CT molecular complexity index is 1140. The average molecular weight is 438 g/mol. The molecule has 1 amide bonds. The van der Waals surface area contributed by atoms with E-state index in [1.165, 1.54) is 22.7 Å². The summed E-state index contributed by atoms with van der Waals surface area (Å²) in [6.45, 7) is 0.535. The van der Waals surface area contributed by atoms with E-state index in [4.69, 9.17) is 10.00 Å². The lowest BCUT2D eigenvalue weighted by Gasteiger charge is -2.15. The molecule has 3 heterocycles. The van der Waals surface area contributed by atoms with Crippen LogP contribution in [0.4, 0.5) is 9.18 Å². The molecule has 1 atom stereocenters. The number of fused-ring (bicyclic) bond motifs is 1. The predicted molar refractivity (Wildman–Crippen MR) is 117 cm³/mol. The highest BCUT2D eigenvalue weighted by Gasteiger charge is 2.33. The van der Waals surface area contributed by atoms with Crippen molar-refractivity contribution >= 4 is 39.6 Å². The van der Waals surface area contributed by atoms with Crippen molar-refractivity contribution in [1.29, 1.82) is 5.26 Å². The summed E-state index contributed by atoms with van der Waals surface area (Å²) in [5.74, 6) is -0.382. The molecule has 1 aliphatic heterocycles. The summed E-state index contributed by atoms with van der Waals surface area (Å²) in [4.78, 5) is 22.4. The lowest BCUT2D eigenvalue weighted by Crippen LogP contribution is -2.25. The molecule has 0 radical (unpaired) electrons. The van der Waals surface area contributed by atoms with Crippen LogP contribution in [-0.4, -0.2) is 51.2 Å². The van der Waals surface area contributed by atoms with Crippen molar-refractivity contribution in [3.05, 3.63) is 60.5 Å². The number of carbonyl (C=O) groups is 1. The third kappa shape index (κ3) is 4.46. The van der Waals surface area contributed by atoms with Gasteiger partial charge in [0.25, 0.3) is 0 Å². The Hall–Kier alpha value is -3.58. The highest BCUT2D eigenvalue weighted by atomic mass is 32.2. The molecule has 2 aromatic rings. The molecule has 1 unspecified atom stereocenters. The minimum absolute atomic E-state index is 0.231. The molecular weight excluding hydrogens is 419 g/mol. The number of hydrogen-bond donors (Lipinski definition) is 1. The van der Waals surface area contributed by atoms with Gasteiger partial charge in [-0.2, -0.15) is 5.26 Å². The number of amides is 1. The van der Waals surface area contributed by atoms with Crippen LogP contribution in [0.15, 0.2) is 65.5 Å². The minimum Gasteiger partial charge on any atom is -0.442 e. The maximum atomic E-state index is 14.8. The second-order valence-electron chi connectivity index (χ2n) is 6.81. The van der Waals surface area contributed by atoms with E-state index < -0.39 is 12.2 Å². The Morgan fingerprint density at radius 2 is 2.35 bits per heavy atom. The highest BCUT2D eigenvalue weighted by Crippen LogP contribution is 2.29. The van der Waals surface area contributed by atoms with E-state index in [9.17, 15) is 9.18 Å². The summed E-state index contributed by atoms with van der Waals surface area (Å²) >= 11 is 1.30. The second kappa shape index (κ2) is 9.06. The fraction of sp³-hybridized carbons (Fsp3) is 0.238. The summed E-state index contributed by atoms with van der Waals surface area (Å²) in [7, 11) is 0. The zero-order chi connectivity index (χ0) is 21.8. The first-order valence-corrected chi connectivity index (χ1v) is 10.7. The SMILES string of the molecule is CSC(=NCC1CN(C2=CC=C(n3cc4cccnc4c3)C(F)=CC2)C(=O)O1)NC#N. The van der Waals surface area contributed by atoms with Gasteiger partial charge in [0, 0.05) is 36.1 Å². The predicted octanol–water partition coefficient (Wildman–Crippen LogP) is 3.63. The van der Waals surface area contributed by atoms with Gasteiger partial charge in [0.1, 0.15) is 11.9 Å². The van der Waals surface area contributed by atoms with E-state index in [2.05, 4.69) is 15.3 Å².